The van der Waals surface area contributed by atoms with E-state index in [2.05, 4.69) is 10.6 Å². The number of amides is 2. The normalized spacial score (nSPS) is 13.0. The second kappa shape index (κ2) is 8.36. The van der Waals surface area contributed by atoms with Crippen molar-refractivity contribution in [3.05, 3.63) is 60.2 Å². The SMILES string of the molecule is CCC(C)(CO)NC(=O)Nc1ccc(COc2ccccc2)cc1. The standard InChI is InChI=1S/C19H24N2O3/c1-3-19(2,14-22)21-18(23)20-16-11-9-15(10-12-16)13-24-17-7-5-4-6-8-17/h4-12,22H,3,13-14H2,1-2H3,(H2,20,21,23). The summed E-state index contributed by atoms with van der Waals surface area (Å²) < 4.78 is 5.68. The zero-order chi connectivity index (χ0) is 17.4. The molecule has 0 saturated carbocycles. The van der Waals surface area contributed by atoms with Crippen LogP contribution >= 0.6 is 0 Å². The Morgan fingerprint density at radius 2 is 1.79 bits per heavy atom. The highest BCUT2D eigenvalue weighted by Crippen LogP contribution is 2.14. The third kappa shape index (κ3) is 5.28. The van der Waals surface area contributed by atoms with E-state index in [4.69, 9.17) is 4.74 Å². The second-order valence-corrected chi connectivity index (χ2v) is 5.95. The second-order valence-electron chi connectivity index (χ2n) is 5.95. The lowest BCUT2D eigenvalue weighted by molar-refractivity contribution is 0.172. The number of ether oxygens (including phenoxy) is 1. The van der Waals surface area contributed by atoms with Crippen molar-refractivity contribution in [1.29, 1.82) is 0 Å². The van der Waals surface area contributed by atoms with Gasteiger partial charge in [0.15, 0.2) is 0 Å². The van der Waals surface area contributed by atoms with Crippen LogP contribution in [0.1, 0.15) is 25.8 Å². The Morgan fingerprint density at radius 1 is 1.12 bits per heavy atom. The molecule has 1 unspecified atom stereocenters. The molecule has 0 aromatic heterocycles. The maximum absolute atomic E-state index is 12.0. The van der Waals surface area contributed by atoms with E-state index in [1.807, 2.05) is 61.5 Å². The van der Waals surface area contributed by atoms with Gasteiger partial charge in [0, 0.05) is 5.69 Å². The number of nitrogens with one attached hydrogen (secondary N) is 2. The van der Waals surface area contributed by atoms with Crippen LogP contribution in [0.15, 0.2) is 54.6 Å². The Morgan fingerprint density at radius 3 is 2.38 bits per heavy atom. The van der Waals surface area contributed by atoms with Crippen LogP contribution in [0.4, 0.5) is 10.5 Å². The molecule has 3 N–H and O–H groups in total. The number of rotatable bonds is 7. The Kier molecular flexibility index (Phi) is 6.21. The first-order chi connectivity index (χ1) is 11.5. The minimum atomic E-state index is -0.618. The Bertz CT molecular complexity index is 637. The van der Waals surface area contributed by atoms with Gasteiger partial charge in [-0.25, -0.2) is 4.79 Å². The quantitative estimate of drug-likeness (QED) is 0.728. The molecule has 2 aromatic rings. The van der Waals surface area contributed by atoms with E-state index in [0.717, 1.165) is 11.3 Å². The van der Waals surface area contributed by atoms with Gasteiger partial charge in [0.2, 0.25) is 0 Å². The number of urea groups is 1. The molecule has 0 fully saturated rings. The number of hydrogen-bond donors (Lipinski definition) is 3. The fourth-order valence-corrected chi connectivity index (χ4v) is 2.04. The van der Waals surface area contributed by atoms with Gasteiger partial charge in [-0.05, 0) is 43.2 Å². The first-order valence-corrected chi connectivity index (χ1v) is 8.01. The molecule has 0 aliphatic rings. The third-order valence-corrected chi connectivity index (χ3v) is 3.91. The molecule has 2 amide bonds. The van der Waals surface area contributed by atoms with E-state index in [-0.39, 0.29) is 12.6 Å². The van der Waals surface area contributed by atoms with Gasteiger partial charge in [-0.1, -0.05) is 37.3 Å². The number of hydrogen-bond acceptors (Lipinski definition) is 3. The summed E-state index contributed by atoms with van der Waals surface area (Å²) in [5.41, 5.74) is 1.08. The molecular weight excluding hydrogens is 304 g/mol. The number of benzene rings is 2. The van der Waals surface area contributed by atoms with Crippen LogP contribution in [-0.4, -0.2) is 23.3 Å². The van der Waals surface area contributed by atoms with Crippen molar-refractivity contribution in [3.8, 4) is 5.75 Å². The van der Waals surface area contributed by atoms with Gasteiger partial charge in [-0.3, -0.25) is 0 Å². The van der Waals surface area contributed by atoms with Crippen molar-refractivity contribution in [2.75, 3.05) is 11.9 Å². The molecule has 24 heavy (non-hydrogen) atoms. The molecule has 0 saturated heterocycles. The number of carbonyl (C=O) groups is 1. The largest absolute Gasteiger partial charge is 0.489 e. The van der Waals surface area contributed by atoms with Gasteiger partial charge in [0.1, 0.15) is 12.4 Å². The number of anilines is 1. The summed E-state index contributed by atoms with van der Waals surface area (Å²) in [5.74, 6) is 0.821. The minimum absolute atomic E-state index is 0.104. The zero-order valence-corrected chi connectivity index (χ0v) is 14.1. The zero-order valence-electron chi connectivity index (χ0n) is 14.1. The number of aliphatic hydroxyl groups excluding tert-OH is 1. The average molecular weight is 328 g/mol. The summed E-state index contributed by atoms with van der Waals surface area (Å²) in [5, 5.41) is 14.9. The average Bonchev–Trinajstić information content (AvgIpc) is 2.62. The van der Waals surface area contributed by atoms with Crippen molar-refractivity contribution in [3.63, 3.8) is 0 Å². The maximum Gasteiger partial charge on any atom is 0.319 e. The Balaban J connectivity index is 1.86. The van der Waals surface area contributed by atoms with Crippen LogP contribution in [0.25, 0.3) is 0 Å². The van der Waals surface area contributed by atoms with E-state index in [0.29, 0.717) is 18.7 Å². The van der Waals surface area contributed by atoms with E-state index >= 15 is 0 Å². The van der Waals surface area contributed by atoms with Gasteiger partial charge in [-0.2, -0.15) is 0 Å². The first-order valence-electron chi connectivity index (χ1n) is 8.01. The van der Waals surface area contributed by atoms with Crippen LogP contribution < -0.4 is 15.4 Å². The van der Waals surface area contributed by atoms with Crippen molar-refractivity contribution >= 4 is 11.7 Å². The molecule has 5 nitrogen and oxygen atoms in total. The Hall–Kier alpha value is -2.53. The van der Waals surface area contributed by atoms with Crippen LogP contribution in [0.3, 0.4) is 0 Å². The molecule has 1 atom stereocenters. The summed E-state index contributed by atoms with van der Waals surface area (Å²) in [7, 11) is 0. The van der Waals surface area contributed by atoms with Crippen molar-refractivity contribution in [2.24, 2.45) is 0 Å². The molecule has 0 spiro atoms. The van der Waals surface area contributed by atoms with E-state index in [1.165, 1.54) is 0 Å². The van der Waals surface area contributed by atoms with Crippen LogP contribution in [0, 0.1) is 0 Å². The summed E-state index contributed by atoms with van der Waals surface area (Å²) in [6.07, 6.45) is 0.646. The first kappa shape index (κ1) is 17.8. The highest BCUT2D eigenvalue weighted by atomic mass is 16.5. The van der Waals surface area contributed by atoms with Crippen molar-refractivity contribution < 1.29 is 14.6 Å². The highest BCUT2D eigenvalue weighted by Gasteiger charge is 2.23. The Labute approximate surface area is 142 Å². The van der Waals surface area contributed by atoms with Crippen LogP contribution in [-0.2, 0) is 6.61 Å². The highest BCUT2D eigenvalue weighted by molar-refractivity contribution is 5.89. The molecular formula is C19H24N2O3. The van der Waals surface area contributed by atoms with Gasteiger partial charge in [-0.15, -0.1) is 0 Å². The molecule has 0 heterocycles. The summed E-state index contributed by atoms with van der Waals surface area (Å²) in [4.78, 5) is 12.0. The number of carbonyl (C=O) groups excluding carboxylic acids is 1. The minimum Gasteiger partial charge on any atom is -0.489 e. The topological polar surface area (TPSA) is 70.6 Å². The van der Waals surface area contributed by atoms with Crippen LogP contribution in [0.5, 0.6) is 5.75 Å². The predicted molar refractivity (Wildman–Crippen MR) is 95.2 cm³/mol. The lowest BCUT2D eigenvalue weighted by Crippen LogP contribution is -2.50. The molecule has 2 aromatic carbocycles. The van der Waals surface area contributed by atoms with Gasteiger partial charge < -0.3 is 20.5 Å². The van der Waals surface area contributed by atoms with E-state index in [9.17, 15) is 9.90 Å². The molecule has 0 aliphatic heterocycles. The molecule has 0 aliphatic carbocycles. The molecule has 2 rings (SSSR count). The molecule has 0 bridgehead atoms. The smallest absolute Gasteiger partial charge is 0.319 e. The monoisotopic (exact) mass is 328 g/mol. The third-order valence-electron chi connectivity index (χ3n) is 3.91. The molecule has 128 valence electrons. The summed E-state index contributed by atoms with van der Waals surface area (Å²) >= 11 is 0. The fraction of sp³-hybridized carbons (Fsp3) is 0.316. The molecule has 0 radical (unpaired) electrons. The lowest BCUT2D eigenvalue weighted by atomic mass is 10.0. The van der Waals surface area contributed by atoms with E-state index in [1.54, 1.807) is 6.92 Å². The lowest BCUT2D eigenvalue weighted by Gasteiger charge is -2.27. The van der Waals surface area contributed by atoms with Gasteiger partial charge in [0.05, 0.1) is 12.1 Å². The number of aliphatic hydroxyl groups is 1. The predicted octanol–water partition coefficient (Wildman–Crippen LogP) is 3.55. The fourth-order valence-electron chi connectivity index (χ4n) is 2.04. The van der Waals surface area contributed by atoms with Crippen molar-refractivity contribution in [1.82, 2.24) is 5.32 Å². The van der Waals surface area contributed by atoms with E-state index < -0.39 is 5.54 Å². The van der Waals surface area contributed by atoms with Gasteiger partial charge in [0.25, 0.3) is 0 Å². The molecule has 5 heteroatoms. The summed E-state index contributed by atoms with van der Waals surface area (Å²) in [6.45, 7) is 4.08. The summed E-state index contributed by atoms with van der Waals surface area (Å²) in [6, 6.07) is 16.7. The van der Waals surface area contributed by atoms with Crippen LogP contribution in [0.2, 0.25) is 0 Å². The number of para-hydroxylation sites is 1. The van der Waals surface area contributed by atoms with Crippen molar-refractivity contribution in [2.45, 2.75) is 32.4 Å². The maximum atomic E-state index is 12.0. The van der Waals surface area contributed by atoms with Gasteiger partial charge >= 0.3 is 6.03 Å².